The minimum absolute atomic E-state index is 0.113. The van der Waals surface area contributed by atoms with Crippen LogP contribution in [0, 0.1) is 13.8 Å². The van der Waals surface area contributed by atoms with Crippen LogP contribution in [0.5, 0.6) is 0 Å². The van der Waals surface area contributed by atoms with Crippen LogP contribution in [-0.2, 0) is 13.1 Å². The van der Waals surface area contributed by atoms with Crippen LogP contribution < -0.4 is 0 Å². The summed E-state index contributed by atoms with van der Waals surface area (Å²) in [7, 11) is 0. The lowest BCUT2D eigenvalue weighted by Gasteiger charge is -2.25. The number of aromatic nitrogens is 4. The summed E-state index contributed by atoms with van der Waals surface area (Å²) in [5, 5.41) is 8.78. The predicted molar refractivity (Wildman–Crippen MR) is 104 cm³/mol. The number of carbonyl (C=O) groups is 1. The van der Waals surface area contributed by atoms with Crippen LogP contribution >= 0.6 is 0 Å². The summed E-state index contributed by atoms with van der Waals surface area (Å²) in [5.41, 5.74) is 4.06. The van der Waals surface area contributed by atoms with E-state index in [1.54, 1.807) is 6.20 Å². The van der Waals surface area contributed by atoms with Crippen molar-refractivity contribution in [3.63, 3.8) is 0 Å². The Morgan fingerprint density at radius 2 is 2.04 bits per heavy atom. The average Bonchev–Trinajstić information content (AvgIpc) is 3.39. The van der Waals surface area contributed by atoms with Gasteiger partial charge in [-0.3, -0.25) is 14.2 Å². The van der Waals surface area contributed by atoms with Crippen molar-refractivity contribution in [3.05, 3.63) is 71.3 Å². The first kappa shape index (κ1) is 17.5. The third kappa shape index (κ3) is 3.79. The number of rotatable bonds is 5. The number of aryl methyl sites for hydroxylation is 2. The summed E-state index contributed by atoms with van der Waals surface area (Å²) in [4.78, 5) is 15.0. The van der Waals surface area contributed by atoms with E-state index in [1.165, 1.54) is 0 Å². The van der Waals surface area contributed by atoms with Gasteiger partial charge in [0.05, 0.1) is 24.8 Å². The number of carbonyl (C=O) groups excluding carboxylic acids is 1. The Kier molecular flexibility index (Phi) is 4.79. The largest absolute Gasteiger partial charge is 0.334 e. The molecule has 27 heavy (non-hydrogen) atoms. The number of benzene rings is 1. The highest BCUT2D eigenvalue weighted by Crippen LogP contribution is 2.22. The van der Waals surface area contributed by atoms with Gasteiger partial charge < -0.3 is 4.90 Å². The van der Waals surface area contributed by atoms with E-state index in [9.17, 15) is 4.79 Å². The van der Waals surface area contributed by atoms with Crippen molar-refractivity contribution >= 4 is 5.91 Å². The highest BCUT2D eigenvalue weighted by atomic mass is 16.2. The van der Waals surface area contributed by atoms with Gasteiger partial charge in [0.25, 0.3) is 5.91 Å². The monoisotopic (exact) mass is 363 g/mol. The predicted octanol–water partition coefficient (Wildman–Crippen LogP) is 3.05. The highest BCUT2D eigenvalue weighted by Gasteiger charge is 2.29. The third-order valence-electron chi connectivity index (χ3n) is 5.23. The summed E-state index contributed by atoms with van der Waals surface area (Å²) in [5.74, 6) is 0.113. The molecule has 3 aromatic rings. The second kappa shape index (κ2) is 7.39. The Morgan fingerprint density at radius 3 is 2.70 bits per heavy atom. The van der Waals surface area contributed by atoms with E-state index in [4.69, 9.17) is 0 Å². The van der Waals surface area contributed by atoms with E-state index in [2.05, 4.69) is 23.2 Å². The van der Waals surface area contributed by atoms with Crippen molar-refractivity contribution in [2.75, 3.05) is 6.54 Å². The molecule has 0 saturated carbocycles. The molecule has 0 aliphatic carbocycles. The van der Waals surface area contributed by atoms with Crippen LogP contribution in [0.4, 0.5) is 0 Å². The van der Waals surface area contributed by atoms with Crippen molar-refractivity contribution in [1.29, 1.82) is 0 Å². The Labute approximate surface area is 159 Å². The lowest BCUT2D eigenvalue weighted by atomic mass is 10.1. The fourth-order valence-corrected chi connectivity index (χ4v) is 3.84. The molecular formula is C21H25N5O. The molecule has 1 unspecified atom stereocenters. The highest BCUT2D eigenvalue weighted by molar-refractivity contribution is 5.94. The lowest BCUT2D eigenvalue weighted by Crippen LogP contribution is -2.38. The second-order valence-electron chi connectivity index (χ2n) is 7.30. The molecule has 1 aliphatic heterocycles. The molecule has 140 valence electrons. The summed E-state index contributed by atoms with van der Waals surface area (Å²) in [6.07, 6.45) is 5.81. The van der Waals surface area contributed by atoms with Gasteiger partial charge in [0, 0.05) is 30.2 Å². The van der Waals surface area contributed by atoms with Crippen LogP contribution in [0.25, 0.3) is 0 Å². The van der Waals surface area contributed by atoms with Gasteiger partial charge in [-0.05, 0) is 56.5 Å². The molecule has 1 aliphatic rings. The molecule has 0 bridgehead atoms. The lowest BCUT2D eigenvalue weighted by molar-refractivity contribution is 0.0721. The molecule has 0 spiro atoms. The Hall–Kier alpha value is -2.89. The first-order valence-corrected chi connectivity index (χ1v) is 9.48. The maximum Gasteiger partial charge on any atom is 0.254 e. The minimum atomic E-state index is 0.113. The molecule has 1 aromatic carbocycles. The summed E-state index contributed by atoms with van der Waals surface area (Å²) in [6, 6.07) is 12.1. The van der Waals surface area contributed by atoms with E-state index in [-0.39, 0.29) is 11.9 Å². The van der Waals surface area contributed by atoms with Gasteiger partial charge in [-0.15, -0.1) is 0 Å². The summed E-state index contributed by atoms with van der Waals surface area (Å²) >= 11 is 0. The quantitative estimate of drug-likeness (QED) is 0.700. The average molecular weight is 363 g/mol. The topological polar surface area (TPSA) is 56.0 Å². The van der Waals surface area contributed by atoms with E-state index in [0.717, 1.165) is 55.0 Å². The van der Waals surface area contributed by atoms with E-state index in [0.29, 0.717) is 0 Å². The van der Waals surface area contributed by atoms with Gasteiger partial charge in [0.2, 0.25) is 0 Å². The van der Waals surface area contributed by atoms with Crippen LogP contribution in [-0.4, -0.2) is 43.0 Å². The molecule has 1 atom stereocenters. The van der Waals surface area contributed by atoms with Crippen molar-refractivity contribution in [3.8, 4) is 0 Å². The third-order valence-corrected chi connectivity index (χ3v) is 5.23. The molecule has 6 nitrogen and oxygen atoms in total. The number of likely N-dealkylation sites (tertiary alicyclic amines) is 1. The zero-order valence-electron chi connectivity index (χ0n) is 15.9. The van der Waals surface area contributed by atoms with Gasteiger partial charge >= 0.3 is 0 Å². The minimum Gasteiger partial charge on any atom is -0.334 e. The molecule has 1 fully saturated rings. The molecule has 2 aromatic heterocycles. The first-order chi connectivity index (χ1) is 13.1. The maximum absolute atomic E-state index is 13.0. The van der Waals surface area contributed by atoms with Crippen LogP contribution in [0.3, 0.4) is 0 Å². The Bertz CT molecular complexity index is 911. The number of hydrogen-bond acceptors (Lipinski definition) is 3. The molecule has 6 heteroatoms. The van der Waals surface area contributed by atoms with Crippen molar-refractivity contribution in [1.82, 2.24) is 24.5 Å². The molecular weight excluding hydrogens is 338 g/mol. The standard InChI is InChI=1S/C21H25N5O/c1-16-13-17(2)26(23-16)14-18-6-8-19(9-7-18)21(27)25-12-3-5-20(25)15-24-11-4-10-22-24/h4,6-11,13,20H,3,5,12,14-15H2,1-2H3. The fourth-order valence-electron chi connectivity index (χ4n) is 3.84. The molecule has 1 saturated heterocycles. The van der Waals surface area contributed by atoms with Gasteiger partial charge in [0.1, 0.15) is 0 Å². The Morgan fingerprint density at radius 1 is 1.22 bits per heavy atom. The molecule has 3 heterocycles. The van der Waals surface area contributed by atoms with Gasteiger partial charge in [-0.2, -0.15) is 10.2 Å². The molecule has 0 N–H and O–H groups in total. The van der Waals surface area contributed by atoms with Crippen molar-refractivity contribution < 1.29 is 4.79 Å². The second-order valence-corrected chi connectivity index (χ2v) is 7.30. The SMILES string of the molecule is Cc1cc(C)n(Cc2ccc(C(=O)N3CCCC3Cn3cccn3)cc2)n1. The first-order valence-electron chi connectivity index (χ1n) is 9.48. The maximum atomic E-state index is 13.0. The van der Waals surface area contributed by atoms with Crippen molar-refractivity contribution in [2.45, 2.75) is 45.8 Å². The molecule has 1 amide bonds. The number of nitrogens with zero attached hydrogens (tertiary/aromatic N) is 5. The smallest absolute Gasteiger partial charge is 0.254 e. The summed E-state index contributed by atoms with van der Waals surface area (Å²) in [6.45, 7) is 6.36. The number of hydrogen-bond donors (Lipinski definition) is 0. The van der Waals surface area contributed by atoms with E-state index >= 15 is 0 Å². The summed E-state index contributed by atoms with van der Waals surface area (Å²) < 4.78 is 3.90. The fraction of sp³-hybridized carbons (Fsp3) is 0.381. The van der Waals surface area contributed by atoms with Crippen molar-refractivity contribution in [2.24, 2.45) is 0 Å². The van der Waals surface area contributed by atoms with Crippen LogP contribution in [0.2, 0.25) is 0 Å². The van der Waals surface area contributed by atoms with Gasteiger partial charge in [-0.25, -0.2) is 0 Å². The number of amides is 1. The Balaban J connectivity index is 1.44. The normalized spacial score (nSPS) is 16.8. The zero-order valence-corrected chi connectivity index (χ0v) is 15.9. The van der Waals surface area contributed by atoms with E-state index in [1.807, 2.05) is 57.7 Å². The zero-order chi connectivity index (χ0) is 18.8. The van der Waals surface area contributed by atoms with E-state index < -0.39 is 0 Å². The van der Waals surface area contributed by atoms with Gasteiger partial charge in [0.15, 0.2) is 0 Å². The van der Waals surface area contributed by atoms with Crippen LogP contribution in [0.1, 0.15) is 40.2 Å². The molecule has 0 radical (unpaired) electrons. The van der Waals surface area contributed by atoms with Crippen LogP contribution in [0.15, 0.2) is 48.8 Å². The molecule has 4 rings (SSSR count). The van der Waals surface area contributed by atoms with Gasteiger partial charge in [-0.1, -0.05) is 12.1 Å².